The van der Waals surface area contributed by atoms with Crippen molar-refractivity contribution in [2.24, 2.45) is 4.99 Å². The van der Waals surface area contributed by atoms with Crippen LogP contribution in [0.4, 0.5) is 10.6 Å². The molecule has 2 aliphatic rings. The van der Waals surface area contributed by atoms with E-state index in [2.05, 4.69) is 9.98 Å². The summed E-state index contributed by atoms with van der Waals surface area (Å²) in [5, 5.41) is 0. The number of hydrogen-bond donors (Lipinski definition) is 0. The van der Waals surface area contributed by atoms with Gasteiger partial charge >= 0.3 is 6.09 Å². The van der Waals surface area contributed by atoms with E-state index in [0.29, 0.717) is 5.82 Å². The molecule has 0 saturated heterocycles. The zero-order valence-electron chi connectivity index (χ0n) is 15.6. The van der Waals surface area contributed by atoms with Crippen LogP contribution in [0.3, 0.4) is 0 Å². The maximum Gasteiger partial charge on any atom is 0.416 e. The van der Waals surface area contributed by atoms with Crippen LogP contribution in [-0.2, 0) is 4.74 Å². The number of nitrogens with zero attached hydrogens (tertiary/aromatic N) is 3. The lowest BCUT2D eigenvalue weighted by Gasteiger charge is -2.35. The van der Waals surface area contributed by atoms with E-state index in [0.717, 1.165) is 56.3 Å². The number of aliphatic imine (C=N–C) groups is 1. The summed E-state index contributed by atoms with van der Waals surface area (Å²) in [6.07, 6.45) is 9.02. The highest BCUT2D eigenvalue weighted by Crippen LogP contribution is 2.31. The minimum Gasteiger partial charge on any atom is -0.443 e. The molecule has 1 amide bonds. The summed E-state index contributed by atoms with van der Waals surface area (Å²) in [5.74, 6) is 0.712. The number of aromatic nitrogens is 1. The predicted octanol–water partition coefficient (Wildman–Crippen LogP) is 4.74. The molecule has 5 nitrogen and oxygen atoms in total. The average molecular weight is 343 g/mol. The van der Waals surface area contributed by atoms with E-state index in [1.54, 1.807) is 11.1 Å². The van der Waals surface area contributed by atoms with Crippen molar-refractivity contribution < 1.29 is 9.53 Å². The molecule has 0 radical (unpaired) electrons. The van der Waals surface area contributed by atoms with Gasteiger partial charge in [0, 0.05) is 30.1 Å². The summed E-state index contributed by atoms with van der Waals surface area (Å²) in [6.45, 7) is 6.58. The molecule has 1 fully saturated rings. The minimum absolute atomic E-state index is 0.152. The van der Waals surface area contributed by atoms with Crippen molar-refractivity contribution in [3.8, 4) is 0 Å². The molecular weight excluding hydrogens is 314 g/mol. The Morgan fingerprint density at radius 3 is 2.60 bits per heavy atom. The molecule has 0 unspecified atom stereocenters. The number of rotatable bonds is 3. The van der Waals surface area contributed by atoms with Gasteiger partial charge in [0.25, 0.3) is 0 Å². The van der Waals surface area contributed by atoms with E-state index >= 15 is 0 Å². The van der Waals surface area contributed by atoms with Crippen molar-refractivity contribution in [3.63, 3.8) is 0 Å². The van der Waals surface area contributed by atoms with Crippen molar-refractivity contribution in [1.29, 1.82) is 0 Å². The number of anilines is 1. The largest absolute Gasteiger partial charge is 0.443 e. The number of carbonyl (C=O) groups is 1. The smallest absolute Gasteiger partial charge is 0.416 e. The standard InChI is InChI=1S/C20H29N3O2/c1-20(2,3)25-19(24)23(15-9-5-4-6-10-15)18-16(11-7-14-22-18)17-12-8-13-21-17/h7,11,14-15H,4-6,8-10,12-13H2,1-3H3. The molecule has 25 heavy (non-hydrogen) atoms. The second kappa shape index (κ2) is 7.54. The first-order valence-electron chi connectivity index (χ1n) is 9.46. The van der Waals surface area contributed by atoms with Gasteiger partial charge in [-0.25, -0.2) is 9.78 Å². The van der Waals surface area contributed by atoms with Crippen LogP contribution in [-0.4, -0.2) is 35.0 Å². The predicted molar refractivity (Wildman–Crippen MR) is 100 cm³/mol. The maximum atomic E-state index is 13.0. The average Bonchev–Trinajstić information content (AvgIpc) is 3.09. The SMILES string of the molecule is CC(C)(C)OC(=O)N(c1ncccc1C1=NCCC1)C1CCCCC1. The van der Waals surface area contributed by atoms with Crippen LogP contribution >= 0.6 is 0 Å². The quantitative estimate of drug-likeness (QED) is 0.796. The van der Waals surface area contributed by atoms with Crippen LogP contribution < -0.4 is 4.90 Å². The molecule has 1 aliphatic carbocycles. The molecule has 0 spiro atoms. The van der Waals surface area contributed by atoms with Gasteiger partial charge in [0.1, 0.15) is 11.4 Å². The van der Waals surface area contributed by atoms with E-state index in [9.17, 15) is 4.79 Å². The lowest BCUT2D eigenvalue weighted by atomic mass is 9.94. The summed E-state index contributed by atoms with van der Waals surface area (Å²) < 4.78 is 5.73. The fraction of sp³-hybridized carbons (Fsp3) is 0.650. The van der Waals surface area contributed by atoms with Crippen molar-refractivity contribution in [2.75, 3.05) is 11.4 Å². The Bertz CT molecular complexity index is 643. The van der Waals surface area contributed by atoms with Crippen molar-refractivity contribution in [2.45, 2.75) is 77.4 Å². The molecule has 0 bridgehead atoms. The Kier molecular flexibility index (Phi) is 5.40. The van der Waals surface area contributed by atoms with E-state index in [4.69, 9.17) is 4.74 Å². The normalized spacial score (nSPS) is 18.8. The summed E-state index contributed by atoms with van der Waals surface area (Å²) in [6, 6.07) is 4.11. The number of hydrogen-bond acceptors (Lipinski definition) is 4. The molecule has 5 heteroatoms. The number of ether oxygens (including phenoxy) is 1. The molecule has 2 heterocycles. The van der Waals surface area contributed by atoms with Gasteiger partial charge in [-0.15, -0.1) is 0 Å². The first-order chi connectivity index (χ1) is 12.0. The molecule has 136 valence electrons. The van der Waals surface area contributed by atoms with Gasteiger partial charge in [-0.3, -0.25) is 9.89 Å². The molecular formula is C20H29N3O2. The summed E-state index contributed by atoms with van der Waals surface area (Å²) in [4.78, 5) is 24.1. The molecule has 3 rings (SSSR count). The Labute approximate surface area is 150 Å². The first kappa shape index (κ1) is 17.9. The minimum atomic E-state index is -0.524. The topological polar surface area (TPSA) is 54.8 Å². The maximum absolute atomic E-state index is 13.0. The summed E-state index contributed by atoms with van der Waals surface area (Å²) in [7, 11) is 0. The van der Waals surface area contributed by atoms with Gasteiger partial charge in [0.15, 0.2) is 0 Å². The van der Waals surface area contributed by atoms with E-state index in [-0.39, 0.29) is 12.1 Å². The van der Waals surface area contributed by atoms with E-state index in [1.165, 1.54) is 6.42 Å². The Morgan fingerprint density at radius 1 is 1.20 bits per heavy atom. The van der Waals surface area contributed by atoms with Gasteiger partial charge in [0.05, 0.1) is 0 Å². The van der Waals surface area contributed by atoms with E-state index in [1.807, 2.05) is 32.9 Å². The Hall–Kier alpha value is -1.91. The number of amides is 1. The van der Waals surface area contributed by atoms with E-state index < -0.39 is 5.60 Å². The lowest BCUT2D eigenvalue weighted by Crippen LogP contribution is -2.45. The highest BCUT2D eigenvalue weighted by Gasteiger charge is 2.33. The van der Waals surface area contributed by atoms with Crippen LogP contribution in [0.2, 0.25) is 0 Å². The van der Waals surface area contributed by atoms with Crippen molar-refractivity contribution >= 4 is 17.6 Å². The monoisotopic (exact) mass is 343 g/mol. The second-order valence-corrected chi connectivity index (χ2v) is 7.95. The van der Waals surface area contributed by atoms with Crippen molar-refractivity contribution in [3.05, 3.63) is 23.9 Å². The molecule has 1 saturated carbocycles. The number of pyridine rings is 1. The Balaban J connectivity index is 1.98. The third-order valence-electron chi connectivity index (χ3n) is 4.73. The molecule has 1 aromatic rings. The van der Waals surface area contributed by atoms with Gasteiger partial charge < -0.3 is 4.74 Å². The van der Waals surface area contributed by atoms with Gasteiger partial charge in [-0.1, -0.05) is 19.3 Å². The third kappa shape index (κ3) is 4.39. The highest BCUT2D eigenvalue weighted by atomic mass is 16.6. The van der Waals surface area contributed by atoms with Gasteiger partial charge in [-0.2, -0.15) is 0 Å². The van der Waals surface area contributed by atoms with Crippen LogP contribution in [0.5, 0.6) is 0 Å². The molecule has 1 aromatic heterocycles. The highest BCUT2D eigenvalue weighted by molar-refractivity contribution is 6.07. The molecule has 1 aliphatic heterocycles. The van der Waals surface area contributed by atoms with Crippen LogP contribution in [0.1, 0.15) is 71.3 Å². The first-order valence-corrected chi connectivity index (χ1v) is 9.46. The fourth-order valence-corrected chi connectivity index (χ4v) is 3.63. The summed E-state index contributed by atoms with van der Waals surface area (Å²) in [5.41, 5.74) is 1.52. The van der Waals surface area contributed by atoms with Crippen LogP contribution in [0, 0.1) is 0 Å². The second-order valence-electron chi connectivity index (χ2n) is 7.95. The number of carbonyl (C=O) groups excluding carboxylic acids is 1. The van der Waals surface area contributed by atoms with Gasteiger partial charge in [-0.05, 0) is 58.6 Å². The third-order valence-corrected chi connectivity index (χ3v) is 4.73. The zero-order valence-corrected chi connectivity index (χ0v) is 15.6. The lowest BCUT2D eigenvalue weighted by molar-refractivity contribution is 0.0556. The van der Waals surface area contributed by atoms with Gasteiger partial charge in [0.2, 0.25) is 0 Å². The zero-order chi connectivity index (χ0) is 17.9. The van der Waals surface area contributed by atoms with Crippen molar-refractivity contribution in [1.82, 2.24) is 4.98 Å². The fourth-order valence-electron chi connectivity index (χ4n) is 3.63. The molecule has 0 atom stereocenters. The Morgan fingerprint density at radius 2 is 1.96 bits per heavy atom. The summed E-state index contributed by atoms with van der Waals surface area (Å²) >= 11 is 0. The molecule has 0 aromatic carbocycles. The van der Waals surface area contributed by atoms with Crippen LogP contribution in [0.25, 0.3) is 0 Å². The molecule has 0 N–H and O–H groups in total. The van der Waals surface area contributed by atoms with Crippen LogP contribution in [0.15, 0.2) is 23.3 Å².